The van der Waals surface area contributed by atoms with Gasteiger partial charge in [-0.1, -0.05) is 29.8 Å². The number of hydrogen-bond acceptors (Lipinski definition) is 2. The molecule has 3 nitrogen and oxygen atoms in total. The van der Waals surface area contributed by atoms with Gasteiger partial charge < -0.3 is 9.67 Å². The largest absolute Gasteiger partial charge is 0.391 e. The highest BCUT2D eigenvalue weighted by atomic mass is 16.3. The number of hydrogen-bond donors (Lipinski definition) is 1. The van der Waals surface area contributed by atoms with Crippen molar-refractivity contribution in [2.45, 2.75) is 38.8 Å². The molecule has 0 fully saturated rings. The number of imidazole rings is 1. The summed E-state index contributed by atoms with van der Waals surface area (Å²) in [6.45, 7) is 2.73. The summed E-state index contributed by atoms with van der Waals surface area (Å²) in [5, 5.41) is 9.89. The molecule has 0 spiro atoms. The van der Waals surface area contributed by atoms with E-state index in [2.05, 4.69) is 36.2 Å². The van der Waals surface area contributed by atoms with Gasteiger partial charge in [-0.3, -0.25) is 0 Å². The Kier molecular flexibility index (Phi) is 4.53. The molecule has 0 aliphatic carbocycles. The second-order valence-electron chi connectivity index (χ2n) is 4.79. The molecule has 2 aromatic rings. The van der Waals surface area contributed by atoms with Crippen LogP contribution in [0.25, 0.3) is 0 Å². The molecular weight excluding hydrogens is 224 g/mol. The first-order valence-corrected chi connectivity index (χ1v) is 6.43. The van der Waals surface area contributed by atoms with Gasteiger partial charge in [0, 0.05) is 18.9 Å². The molecule has 18 heavy (non-hydrogen) atoms. The SMILES string of the molecule is Cc1ccc(CCCC(O)Cn2ccnc2)cc1. The lowest BCUT2D eigenvalue weighted by atomic mass is 10.0. The van der Waals surface area contributed by atoms with Crippen LogP contribution in [0.4, 0.5) is 0 Å². The summed E-state index contributed by atoms with van der Waals surface area (Å²) in [4.78, 5) is 3.96. The van der Waals surface area contributed by atoms with Crippen molar-refractivity contribution in [1.29, 1.82) is 0 Å². The molecule has 2 rings (SSSR count). The van der Waals surface area contributed by atoms with Gasteiger partial charge in [-0.2, -0.15) is 0 Å². The number of aryl methyl sites for hydroxylation is 2. The molecule has 1 N–H and O–H groups in total. The second kappa shape index (κ2) is 6.36. The van der Waals surface area contributed by atoms with Crippen molar-refractivity contribution in [2.24, 2.45) is 0 Å². The number of aliphatic hydroxyl groups is 1. The van der Waals surface area contributed by atoms with Crippen molar-refractivity contribution in [3.63, 3.8) is 0 Å². The topological polar surface area (TPSA) is 38.0 Å². The van der Waals surface area contributed by atoms with Gasteiger partial charge in [-0.25, -0.2) is 4.98 Å². The van der Waals surface area contributed by atoms with E-state index in [1.165, 1.54) is 11.1 Å². The minimum absolute atomic E-state index is 0.287. The van der Waals surface area contributed by atoms with Gasteiger partial charge in [0.15, 0.2) is 0 Å². The lowest BCUT2D eigenvalue weighted by Crippen LogP contribution is -2.15. The van der Waals surface area contributed by atoms with Crippen LogP contribution in [0.15, 0.2) is 43.0 Å². The van der Waals surface area contributed by atoms with Crippen molar-refractivity contribution in [2.75, 3.05) is 0 Å². The van der Waals surface area contributed by atoms with E-state index in [0.29, 0.717) is 6.54 Å². The van der Waals surface area contributed by atoms with E-state index in [9.17, 15) is 5.11 Å². The zero-order valence-corrected chi connectivity index (χ0v) is 10.8. The zero-order valence-electron chi connectivity index (χ0n) is 10.8. The van der Waals surface area contributed by atoms with Crippen LogP contribution in [-0.2, 0) is 13.0 Å². The average Bonchev–Trinajstić information content (AvgIpc) is 2.84. The van der Waals surface area contributed by atoms with E-state index < -0.39 is 0 Å². The first-order valence-electron chi connectivity index (χ1n) is 6.43. The number of benzene rings is 1. The van der Waals surface area contributed by atoms with Crippen LogP contribution in [-0.4, -0.2) is 20.8 Å². The molecule has 0 amide bonds. The van der Waals surface area contributed by atoms with E-state index in [4.69, 9.17) is 0 Å². The number of rotatable bonds is 6. The highest BCUT2D eigenvalue weighted by Crippen LogP contribution is 2.09. The van der Waals surface area contributed by atoms with Crippen LogP contribution in [0.3, 0.4) is 0 Å². The Morgan fingerprint density at radius 3 is 2.72 bits per heavy atom. The van der Waals surface area contributed by atoms with Gasteiger partial charge in [0.25, 0.3) is 0 Å². The van der Waals surface area contributed by atoms with Gasteiger partial charge >= 0.3 is 0 Å². The standard InChI is InChI=1S/C15H20N2O/c1-13-5-7-14(8-6-13)3-2-4-15(18)11-17-10-9-16-12-17/h5-10,12,15,18H,2-4,11H2,1H3. The van der Waals surface area contributed by atoms with Crippen LogP contribution in [0.5, 0.6) is 0 Å². The van der Waals surface area contributed by atoms with Gasteiger partial charge in [0.2, 0.25) is 0 Å². The Morgan fingerprint density at radius 2 is 2.06 bits per heavy atom. The average molecular weight is 244 g/mol. The van der Waals surface area contributed by atoms with Gasteiger partial charge in [-0.05, 0) is 31.7 Å². The molecule has 3 heteroatoms. The van der Waals surface area contributed by atoms with Gasteiger partial charge in [0.05, 0.1) is 12.4 Å². The Balaban J connectivity index is 1.70. The molecule has 96 valence electrons. The molecule has 1 unspecified atom stereocenters. The fourth-order valence-corrected chi connectivity index (χ4v) is 2.03. The summed E-state index contributed by atoms with van der Waals surface area (Å²) in [5.74, 6) is 0. The third kappa shape index (κ3) is 4.00. The Morgan fingerprint density at radius 1 is 1.28 bits per heavy atom. The molecule has 0 aliphatic heterocycles. The van der Waals surface area contributed by atoms with Crippen molar-refractivity contribution in [3.05, 3.63) is 54.1 Å². The van der Waals surface area contributed by atoms with Gasteiger partial charge in [-0.15, -0.1) is 0 Å². The summed E-state index contributed by atoms with van der Waals surface area (Å²) < 4.78 is 1.91. The Bertz CT molecular complexity index is 448. The van der Waals surface area contributed by atoms with E-state index >= 15 is 0 Å². The fourth-order valence-electron chi connectivity index (χ4n) is 2.03. The van der Waals surface area contributed by atoms with Crippen molar-refractivity contribution in [1.82, 2.24) is 9.55 Å². The lowest BCUT2D eigenvalue weighted by Gasteiger charge is -2.11. The second-order valence-corrected chi connectivity index (χ2v) is 4.79. The molecule has 0 saturated heterocycles. The van der Waals surface area contributed by atoms with E-state index in [-0.39, 0.29) is 6.10 Å². The molecule has 1 aromatic carbocycles. The summed E-state index contributed by atoms with van der Waals surface area (Å²) in [7, 11) is 0. The molecule has 0 saturated carbocycles. The molecule has 0 radical (unpaired) electrons. The summed E-state index contributed by atoms with van der Waals surface area (Å²) in [6, 6.07) is 8.60. The summed E-state index contributed by atoms with van der Waals surface area (Å²) in [5.41, 5.74) is 2.63. The highest BCUT2D eigenvalue weighted by molar-refractivity contribution is 5.21. The third-order valence-corrected chi connectivity index (χ3v) is 3.10. The van der Waals surface area contributed by atoms with Crippen molar-refractivity contribution >= 4 is 0 Å². The summed E-state index contributed by atoms with van der Waals surface area (Å²) >= 11 is 0. The number of aliphatic hydroxyl groups excluding tert-OH is 1. The van der Waals surface area contributed by atoms with Crippen LogP contribution >= 0.6 is 0 Å². The number of nitrogens with zero attached hydrogens (tertiary/aromatic N) is 2. The molecule has 1 atom stereocenters. The minimum atomic E-state index is -0.287. The smallest absolute Gasteiger partial charge is 0.0946 e. The van der Waals surface area contributed by atoms with Crippen LogP contribution in [0.1, 0.15) is 24.0 Å². The fraction of sp³-hybridized carbons (Fsp3) is 0.400. The van der Waals surface area contributed by atoms with Crippen LogP contribution in [0.2, 0.25) is 0 Å². The third-order valence-electron chi connectivity index (χ3n) is 3.10. The Hall–Kier alpha value is -1.61. The lowest BCUT2D eigenvalue weighted by molar-refractivity contribution is 0.142. The van der Waals surface area contributed by atoms with E-state index in [1.54, 1.807) is 12.5 Å². The summed E-state index contributed by atoms with van der Waals surface area (Å²) in [6.07, 6.45) is 7.93. The van der Waals surface area contributed by atoms with E-state index in [0.717, 1.165) is 19.3 Å². The number of aromatic nitrogens is 2. The van der Waals surface area contributed by atoms with Gasteiger partial charge in [0.1, 0.15) is 0 Å². The predicted molar refractivity (Wildman–Crippen MR) is 72.4 cm³/mol. The molecule has 0 aliphatic rings. The molecule has 1 aromatic heterocycles. The quantitative estimate of drug-likeness (QED) is 0.848. The van der Waals surface area contributed by atoms with Crippen LogP contribution < -0.4 is 0 Å². The maximum absolute atomic E-state index is 9.89. The van der Waals surface area contributed by atoms with Crippen molar-refractivity contribution < 1.29 is 5.11 Å². The monoisotopic (exact) mass is 244 g/mol. The minimum Gasteiger partial charge on any atom is -0.391 e. The zero-order chi connectivity index (χ0) is 12.8. The molecule has 1 heterocycles. The first kappa shape index (κ1) is 12.8. The first-order chi connectivity index (χ1) is 8.74. The predicted octanol–water partition coefficient (Wildman–Crippen LogP) is 2.58. The maximum atomic E-state index is 9.89. The highest BCUT2D eigenvalue weighted by Gasteiger charge is 2.04. The molecular formula is C15H20N2O. The van der Waals surface area contributed by atoms with Crippen LogP contribution in [0, 0.1) is 6.92 Å². The molecule has 0 bridgehead atoms. The van der Waals surface area contributed by atoms with E-state index in [1.807, 2.05) is 10.8 Å². The maximum Gasteiger partial charge on any atom is 0.0946 e. The normalized spacial score (nSPS) is 12.6. The van der Waals surface area contributed by atoms with Crippen molar-refractivity contribution in [3.8, 4) is 0 Å². The Labute approximate surface area is 108 Å².